The molecule has 0 amide bonds. The molecule has 0 radical (unpaired) electrons. The van der Waals surface area contributed by atoms with Crippen LogP contribution >= 0.6 is 11.3 Å². The number of benzene rings is 1. The van der Waals surface area contributed by atoms with Gasteiger partial charge in [-0.3, -0.25) is 4.79 Å². The molecule has 0 saturated heterocycles. The SMILES string of the molecule is C#N.C#N.NN=Cc1ccc2c(c1)sc(=O)n2C(F)F. The van der Waals surface area contributed by atoms with Crippen molar-refractivity contribution in [2.75, 3.05) is 0 Å². The number of hydrogen-bond donors (Lipinski definition) is 1. The Hall–Kier alpha value is -2.78. The van der Waals surface area contributed by atoms with Crippen molar-refractivity contribution in [2.45, 2.75) is 6.55 Å². The molecule has 0 aliphatic rings. The van der Waals surface area contributed by atoms with Crippen LogP contribution < -0.4 is 10.7 Å². The molecule has 0 aliphatic heterocycles. The summed E-state index contributed by atoms with van der Waals surface area (Å²) in [5.41, 5.74) is 0.886. The third-order valence-electron chi connectivity index (χ3n) is 2.06. The molecule has 0 aliphatic carbocycles. The predicted molar refractivity (Wildman–Crippen MR) is 72.5 cm³/mol. The van der Waals surface area contributed by atoms with E-state index in [1.807, 2.05) is 0 Å². The van der Waals surface area contributed by atoms with Gasteiger partial charge < -0.3 is 5.84 Å². The number of aromatic nitrogens is 1. The molecule has 1 aromatic carbocycles. The molecule has 0 unspecified atom stereocenters. The number of nitrogens with zero attached hydrogens (tertiary/aromatic N) is 4. The Balaban J connectivity index is 0.000000829. The summed E-state index contributed by atoms with van der Waals surface area (Å²) in [5, 5.41) is 16.3. The molecule has 0 fully saturated rings. The molecule has 6 nitrogen and oxygen atoms in total. The first-order valence-corrected chi connectivity index (χ1v) is 5.63. The summed E-state index contributed by atoms with van der Waals surface area (Å²) < 4.78 is 26.1. The fourth-order valence-corrected chi connectivity index (χ4v) is 2.33. The van der Waals surface area contributed by atoms with Crippen LogP contribution in [0.15, 0.2) is 28.1 Å². The summed E-state index contributed by atoms with van der Waals surface area (Å²) in [5.74, 6) is 4.97. The van der Waals surface area contributed by atoms with E-state index in [2.05, 4.69) is 18.2 Å². The number of nitriles is 2. The van der Waals surface area contributed by atoms with E-state index in [1.54, 1.807) is 12.1 Å². The summed E-state index contributed by atoms with van der Waals surface area (Å²) in [4.78, 5) is 10.6. The van der Waals surface area contributed by atoms with E-state index in [-0.39, 0.29) is 5.52 Å². The molecule has 104 valence electrons. The molecule has 2 rings (SSSR count). The minimum Gasteiger partial charge on any atom is -0.323 e. The standard InChI is InChI=1S/C9H7F2N3OS.2CHN/c10-8(11)14-6-2-1-5(4-13-12)3-7(6)16-9(14)15;2*1-2/h1-4,8H,12H2;2*1H. The molecule has 0 spiro atoms. The van der Waals surface area contributed by atoms with E-state index >= 15 is 0 Å². The molecule has 1 heterocycles. The third kappa shape index (κ3) is 3.60. The van der Waals surface area contributed by atoms with Crippen molar-refractivity contribution in [3.63, 3.8) is 0 Å². The van der Waals surface area contributed by atoms with Crippen molar-refractivity contribution >= 4 is 27.8 Å². The monoisotopic (exact) mass is 297 g/mol. The molecular weight excluding hydrogens is 288 g/mol. The van der Waals surface area contributed by atoms with Crippen molar-refractivity contribution in [3.8, 4) is 13.1 Å². The zero-order chi connectivity index (χ0) is 15.7. The van der Waals surface area contributed by atoms with Gasteiger partial charge in [-0.15, -0.1) is 0 Å². The van der Waals surface area contributed by atoms with Crippen LogP contribution in [0.3, 0.4) is 0 Å². The van der Waals surface area contributed by atoms with E-state index < -0.39 is 11.4 Å². The maximum absolute atomic E-state index is 12.6. The molecule has 0 saturated carbocycles. The van der Waals surface area contributed by atoms with Crippen LogP contribution in [-0.4, -0.2) is 10.8 Å². The molecule has 2 N–H and O–H groups in total. The maximum Gasteiger partial charge on any atom is 0.322 e. The van der Waals surface area contributed by atoms with Gasteiger partial charge in [0.15, 0.2) is 0 Å². The highest BCUT2D eigenvalue weighted by atomic mass is 32.1. The van der Waals surface area contributed by atoms with Crippen molar-refractivity contribution < 1.29 is 8.78 Å². The fraction of sp³-hybridized carbons (Fsp3) is 0.0909. The average molecular weight is 297 g/mol. The Morgan fingerprint density at radius 1 is 1.35 bits per heavy atom. The van der Waals surface area contributed by atoms with E-state index in [0.717, 1.165) is 11.3 Å². The Morgan fingerprint density at radius 3 is 2.45 bits per heavy atom. The average Bonchev–Trinajstić information content (AvgIpc) is 2.79. The first-order chi connectivity index (χ1) is 9.63. The number of rotatable bonds is 2. The van der Waals surface area contributed by atoms with Gasteiger partial charge in [-0.1, -0.05) is 17.4 Å². The Morgan fingerprint density at radius 2 is 1.95 bits per heavy atom. The summed E-state index contributed by atoms with van der Waals surface area (Å²) >= 11 is 0.772. The Bertz CT molecular complexity index is 680. The lowest BCUT2D eigenvalue weighted by atomic mass is 10.2. The summed E-state index contributed by atoms with van der Waals surface area (Å²) in [6.45, 7) is 4.18. The van der Waals surface area contributed by atoms with Crippen LogP contribution in [0.25, 0.3) is 10.2 Å². The van der Waals surface area contributed by atoms with Gasteiger partial charge in [0.1, 0.15) is 0 Å². The second kappa shape index (κ2) is 8.34. The van der Waals surface area contributed by atoms with Gasteiger partial charge in [-0.05, 0) is 17.7 Å². The maximum atomic E-state index is 12.6. The van der Waals surface area contributed by atoms with E-state index in [1.165, 1.54) is 12.3 Å². The number of nitrogens with two attached hydrogens (primary N) is 1. The molecular formula is C11H9F2N5OS. The quantitative estimate of drug-likeness (QED) is 0.519. The number of halogens is 2. The lowest BCUT2D eigenvalue weighted by Crippen LogP contribution is -2.12. The summed E-state index contributed by atoms with van der Waals surface area (Å²) in [7, 11) is 0. The first-order valence-electron chi connectivity index (χ1n) is 4.81. The summed E-state index contributed by atoms with van der Waals surface area (Å²) in [6, 6.07) is 4.62. The van der Waals surface area contributed by atoms with Gasteiger partial charge in [0.25, 0.3) is 0 Å². The van der Waals surface area contributed by atoms with Crippen LogP contribution in [0.1, 0.15) is 12.1 Å². The van der Waals surface area contributed by atoms with Crippen molar-refractivity contribution in [1.82, 2.24) is 4.57 Å². The van der Waals surface area contributed by atoms with Crippen LogP contribution in [0.4, 0.5) is 8.78 Å². The largest absolute Gasteiger partial charge is 0.323 e. The van der Waals surface area contributed by atoms with E-state index in [0.29, 0.717) is 14.8 Å². The zero-order valence-corrected chi connectivity index (χ0v) is 10.8. The van der Waals surface area contributed by atoms with Gasteiger partial charge in [0, 0.05) is 13.1 Å². The van der Waals surface area contributed by atoms with Gasteiger partial charge in [0.05, 0.1) is 16.4 Å². The predicted octanol–water partition coefficient (Wildman–Crippen LogP) is 2.03. The van der Waals surface area contributed by atoms with Crippen molar-refractivity contribution in [1.29, 1.82) is 10.5 Å². The Labute approximate surface area is 116 Å². The number of hydrogen-bond acceptors (Lipinski definition) is 6. The lowest BCUT2D eigenvalue weighted by Gasteiger charge is -2.00. The molecule has 0 atom stereocenters. The number of thiazole rings is 1. The normalized spacial score (nSPS) is 9.75. The number of fused-ring (bicyclic) bond motifs is 1. The summed E-state index contributed by atoms with van der Waals surface area (Å²) in [6.07, 6.45) is 1.39. The van der Waals surface area contributed by atoms with Gasteiger partial charge in [-0.2, -0.15) is 13.9 Å². The highest BCUT2D eigenvalue weighted by Gasteiger charge is 2.14. The minimum atomic E-state index is -2.82. The van der Waals surface area contributed by atoms with Crippen molar-refractivity contribution in [2.24, 2.45) is 10.9 Å². The van der Waals surface area contributed by atoms with E-state index in [4.69, 9.17) is 16.4 Å². The highest BCUT2D eigenvalue weighted by Crippen LogP contribution is 2.22. The topological polar surface area (TPSA) is 108 Å². The zero-order valence-electron chi connectivity index (χ0n) is 9.98. The van der Waals surface area contributed by atoms with Gasteiger partial charge in [0.2, 0.25) is 0 Å². The van der Waals surface area contributed by atoms with Gasteiger partial charge >= 0.3 is 11.4 Å². The van der Waals surface area contributed by atoms with Crippen molar-refractivity contribution in [3.05, 3.63) is 33.4 Å². The minimum absolute atomic E-state index is 0.221. The number of alkyl halides is 2. The fourth-order valence-electron chi connectivity index (χ4n) is 1.40. The molecule has 2 aromatic rings. The molecule has 20 heavy (non-hydrogen) atoms. The second-order valence-corrected chi connectivity index (χ2v) is 4.01. The van der Waals surface area contributed by atoms with Crippen LogP contribution in [0.5, 0.6) is 0 Å². The first kappa shape index (κ1) is 17.2. The smallest absolute Gasteiger partial charge is 0.322 e. The molecule has 0 bridgehead atoms. The van der Waals surface area contributed by atoms with Gasteiger partial charge in [-0.25, -0.2) is 15.1 Å². The highest BCUT2D eigenvalue weighted by molar-refractivity contribution is 7.16. The number of hydrazone groups is 1. The van der Waals surface area contributed by atoms with Crippen LogP contribution in [0.2, 0.25) is 0 Å². The van der Waals surface area contributed by atoms with Crippen LogP contribution in [0, 0.1) is 23.7 Å². The molecule has 1 aromatic heterocycles. The molecule has 9 heteroatoms. The Kier molecular flexibility index (Phi) is 7.18. The third-order valence-corrected chi connectivity index (χ3v) is 2.97. The lowest BCUT2D eigenvalue weighted by molar-refractivity contribution is 0.0729. The second-order valence-electron chi connectivity index (χ2n) is 3.02. The van der Waals surface area contributed by atoms with Crippen LogP contribution in [-0.2, 0) is 0 Å². The van der Waals surface area contributed by atoms with E-state index in [9.17, 15) is 13.6 Å².